The van der Waals surface area contributed by atoms with Crippen LogP contribution in [-0.2, 0) is 6.54 Å². The Hall–Kier alpha value is -1.88. The van der Waals surface area contributed by atoms with Crippen molar-refractivity contribution >= 4 is 27.3 Å². The van der Waals surface area contributed by atoms with Crippen LogP contribution in [0.1, 0.15) is 5.69 Å². The summed E-state index contributed by atoms with van der Waals surface area (Å²) >= 11 is 3.37. The Labute approximate surface area is 113 Å². The first-order valence-corrected chi connectivity index (χ1v) is 6.38. The van der Waals surface area contributed by atoms with Crippen LogP contribution < -0.4 is 5.32 Å². The van der Waals surface area contributed by atoms with E-state index in [1.807, 2.05) is 47.1 Å². The first-order chi connectivity index (χ1) is 8.83. The van der Waals surface area contributed by atoms with Crippen LogP contribution in [0.2, 0.25) is 0 Å². The van der Waals surface area contributed by atoms with Gasteiger partial charge < -0.3 is 5.32 Å². The average molecular weight is 303 g/mol. The van der Waals surface area contributed by atoms with Crippen molar-refractivity contribution in [1.82, 2.24) is 14.4 Å². The molecule has 18 heavy (non-hydrogen) atoms. The summed E-state index contributed by atoms with van der Waals surface area (Å²) in [7, 11) is 0. The van der Waals surface area contributed by atoms with Gasteiger partial charge in [0.05, 0.1) is 24.6 Å². The Morgan fingerprint density at radius 1 is 1.11 bits per heavy atom. The van der Waals surface area contributed by atoms with Gasteiger partial charge in [-0.2, -0.15) is 0 Å². The first-order valence-electron chi connectivity index (χ1n) is 5.59. The summed E-state index contributed by atoms with van der Waals surface area (Å²) in [6.07, 6.45) is 5.53. The van der Waals surface area contributed by atoms with E-state index in [1.54, 1.807) is 6.20 Å². The van der Waals surface area contributed by atoms with Gasteiger partial charge >= 0.3 is 0 Å². The largest absolute Gasteiger partial charge is 0.379 e. The number of halogens is 1. The van der Waals surface area contributed by atoms with E-state index in [2.05, 4.69) is 31.2 Å². The van der Waals surface area contributed by atoms with Gasteiger partial charge in [-0.15, -0.1) is 0 Å². The third kappa shape index (κ3) is 2.22. The topological polar surface area (TPSA) is 42.2 Å². The third-order valence-corrected chi connectivity index (χ3v) is 3.10. The van der Waals surface area contributed by atoms with E-state index in [-0.39, 0.29) is 0 Å². The number of para-hydroxylation sites is 1. The predicted molar refractivity (Wildman–Crippen MR) is 74.5 cm³/mol. The maximum Gasteiger partial charge on any atom is 0.155 e. The minimum atomic E-state index is 0.724. The number of hydrogen-bond acceptors (Lipinski definition) is 3. The molecular formula is C13H11BrN4. The molecule has 2 aromatic heterocycles. The van der Waals surface area contributed by atoms with Crippen LogP contribution in [0.3, 0.4) is 0 Å². The Kier molecular flexibility index (Phi) is 2.98. The number of nitrogens with one attached hydrogen (secondary N) is 1. The van der Waals surface area contributed by atoms with Gasteiger partial charge in [-0.3, -0.25) is 4.40 Å². The highest BCUT2D eigenvalue weighted by Gasteiger charge is 2.03. The monoisotopic (exact) mass is 302 g/mol. The molecule has 0 fully saturated rings. The van der Waals surface area contributed by atoms with Crippen LogP contribution in [0.4, 0.5) is 5.69 Å². The molecule has 0 spiro atoms. The van der Waals surface area contributed by atoms with Gasteiger partial charge in [0, 0.05) is 11.9 Å². The first kappa shape index (κ1) is 11.2. The Bertz CT molecular complexity index is 663. The van der Waals surface area contributed by atoms with Crippen LogP contribution in [0, 0.1) is 0 Å². The smallest absolute Gasteiger partial charge is 0.155 e. The second-order valence-corrected chi connectivity index (χ2v) is 4.72. The van der Waals surface area contributed by atoms with E-state index in [4.69, 9.17) is 0 Å². The molecule has 0 saturated heterocycles. The molecule has 0 amide bonds. The van der Waals surface area contributed by atoms with Gasteiger partial charge in [-0.25, -0.2) is 9.97 Å². The fourth-order valence-corrected chi connectivity index (χ4v) is 2.10. The van der Waals surface area contributed by atoms with Crippen molar-refractivity contribution < 1.29 is 0 Å². The molecule has 90 valence electrons. The fraction of sp³-hybridized carbons (Fsp3) is 0.0769. The van der Waals surface area contributed by atoms with Crippen LogP contribution >= 0.6 is 15.9 Å². The number of anilines is 1. The summed E-state index contributed by atoms with van der Waals surface area (Å²) in [6.45, 7) is 0.724. The maximum atomic E-state index is 4.31. The van der Waals surface area contributed by atoms with Gasteiger partial charge in [-0.1, -0.05) is 18.2 Å². The fourth-order valence-electron chi connectivity index (χ4n) is 1.80. The van der Waals surface area contributed by atoms with Gasteiger partial charge in [0.25, 0.3) is 0 Å². The van der Waals surface area contributed by atoms with Gasteiger partial charge in [-0.05, 0) is 28.1 Å². The summed E-state index contributed by atoms with van der Waals surface area (Å²) in [5.74, 6) is 0. The third-order valence-electron chi connectivity index (χ3n) is 2.69. The quantitative estimate of drug-likeness (QED) is 0.808. The molecule has 3 aromatic rings. The van der Waals surface area contributed by atoms with E-state index in [0.29, 0.717) is 0 Å². The number of hydrogen-bond donors (Lipinski definition) is 1. The van der Waals surface area contributed by atoms with Crippen molar-refractivity contribution in [3.05, 3.63) is 59.2 Å². The molecule has 0 bridgehead atoms. The second kappa shape index (κ2) is 4.78. The number of aromatic nitrogens is 3. The molecule has 0 radical (unpaired) electrons. The summed E-state index contributed by atoms with van der Waals surface area (Å²) in [5.41, 5.74) is 3.04. The number of imidazole rings is 1. The minimum absolute atomic E-state index is 0.724. The van der Waals surface area contributed by atoms with E-state index in [9.17, 15) is 0 Å². The van der Waals surface area contributed by atoms with Gasteiger partial charge in [0.2, 0.25) is 0 Å². The number of rotatable bonds is 3. The molecule has 0 aliphatic rings. The van der Waals surface area contributed by atoms with Gasteiger partial charge in [0.15, 0.2) is 5.65 Å². The summed E-state index contributed by atoms with van der Waals surface area (Å²) < 4.78 is 2.82. The molecule has 1 N–H and O–H groups in total. The highest BCUT2D eigenvalue weighted by atomic mass is 79.9. The molecular weight excluding hydrogens is 292 g/mol. The molecule has 0 aliphatic carbocycles. The van der Waals surface area contributed by atoms with Crippen molar-refractivity contribution in [3.63, 3.8) is 0 Å². The van der Waals surface area contributed by atoms with E-state index >= 15 is 0 Å². The van der Waals surface area contributed by atoms with Crippen molar-refractivity contribution in [1.29, 1.82) is 0 Å². The second-order valence-electron chi connectivity index (χ2n) is 3.91. The maximum absolute atomic E-state index is 4.31. The van der Waals surface area contributed by atoms with Crippen LogP contribution in [0.5, 0.6) is 0 Å². The zero-order chi connectivity index (χ0) is 12.4. The Morgan fingerprint density at radius 2 is 1.94 bits per heavy atom. The molecule has 1 aromatic carbocycles. The molecule has 0 unspecified atom stereocenters. The van der Waals surface area contributed by atoms with Crippen molar-refractivity contribution in [3.8, 4) is 0 Å². The van der Waals surface area contributed by atoms with Crippen molar-refractivity contribution in [2.75, 3.05) is 5.32 Å². The zero-order valence-corrected chi connectivity index (χ0v) is 11.1. The molecule has 0 atom stereocenters. The molecule has 2 heterocycles. The van der Waals surface area contributed by atoms with Crippen LogP contribution in [0.25, 0.3) is 5.65 Å². The number of nitrogens with zero attached hydrogens (tertiary/aromatic N) is 3. The summed E-state index contributed by atoms with van der Waals surface area (Å²) in [4.78, 5) is 8.46. The van der Waals surface area contributed by atoms with Crippen LogP contribution in [0.15, 0.2) is 53.5 Å². The average Bonchev–Trinajstić information content (AvgIpc) is 2.80. The predicted octanol–water partition coefficient (Wildman–Crippen LogP) is 3.10. The highest BCUT2D eigenvalue weighted by Crippen LogP contribution is 2.12. The SMILES string of the molecule is Brc1cn2c(CNc3ccccc3)cnc2cn1. The Balaban J connectivity index is 1.85. The van der Waals surface area contributed by atoms with E-state index in [1.165, 1.54) is 0 Å². The van der Waals surface area contributed by atoms with E-state index < -0.39 is 0 Å². The summed E-state index contributed by atoms with van der Waals surface area (Å²) in [6, 6.07) is 10.1. The lowest BCUT2D eigenvalue weighted by atomic mass is 10.3. The lowest BCUT2D eigenvalue weighted by molar-refractivity contribution is 0.983. The normalized spacial score (nSPS) is 10.7. The minimum Gasteiger partial charge on any atom is -0.379 e. The highest BCUT2D eigenvalue weighted by molar-refractivity contribution is 9.10. The zero-order valence-electron chi connectivity index (χ0n) is 9.55. The summed E-state index contributed by atoms with van der Waals surface area (Å²) in [5, 5.41) is 3.36. The molecule has 4 nitrogen and oxygen atoms in total. The van der Waals surface area contributed by atoms with Gasteiger partial charge in [0.1, 0.15) is 4.60 Å². The van der Waals surface area contributed by atoms with Crippen LogP contribution in [-0.4, -0.2) is 14.4 Å². The van der Waals surface area contributed by atoms with E-state index in [0.717, 1.165) is 28.2 Å². The lowest BCUT2D eigenvalue weighted by Crippen LogP contribution is -2.02. The van der Waals surface area contributed by atoms with Crippen molar-refractivity contribution in [2.45, 2.75) is 6.54 Å². The number of benzene rings is 1. The molecule has 3 rings (SSSR count). The Morgan fingerprint density at radius 3 is 2.78 bits per heavy atom. The number of fused-ring (bicyclic) bond motifs is 1. The van der Waals surface area contributed by atoms with Crippen molar-refractivity contribution in [2.24, 2.45) is 0 Å². The lowest BCUT2D eigenvalue weighted by Gasteiger charge is -2.06. The molecule has 5 heteroatoms. The molecule has 0 aliphatic heterocycles. The standard InChI is InChI=1S/C13H11BrN4/c14-12-9-18-11(7-17-13(18)8-16-12)6-15-10-4-2-1-3-5-10/h1-5,7-9,15H,6H2. The molecule has 0 saturated carbocycles.